The van der Waals surface area contributed by atoms with E-state index in [1.807, 2.05) is 13.0 Å². The van der Waals surface area contributed by atoms with Crippen LogP contribution >= 0.6 is 0 Å². The third-order valence-electron chi connectivity index (χ3n) is 3.71. The van der Waals surface area contributed by atoms with E-state index in [2.05, 4.69) is 55.3 Å². The first-order valence-corrected chi connectivity index (χ1v) is 7.77. The Morgan fingerprint density at radius 3 is 2.57 bits per heavy atom. The fourth-order valence-corrected chi connectivity index (χ4v) is 2.34. The molecule has 0 amide bonds. The van der Waals surface area contributed by atoms with Gasteiger partial charge in [-0.1, -0.05) is 26.0 Å². The van der Waals surface area contributed by atoms with Crippen LogP contribution in [0.25, 0.3) is 0 Å². The first-order valence-electron chi connectivity index (χ1n) is 7.77. The Morgan fingerprint density at radius 1 is 1.19 bits per heavy atom. The van der Waals surface area contributed by atoms with Crippen LogP contribution in [0.5, 0.6) is 0 Å². The quantitative estimate of drug-likeness (QED) is 0.758. The first-order chi connectivity index (χ1) is 10.1. The number of benzene rings is 1. The molecule has 1 aromatic carbocycles. The SMILES string of the molecule is CCN(CCC(C)C)c1ccccc1Nc1occc1C. The zero-order valence-corrected chi connectivity index (χ0v) is 13.5. The topological polar surface area (TPSA) is 28.4 Å². The molecule has 0 aliphatic rings. The van der Waals surface area contributed by atoms with Gasteiger partial charge in [0.15, 0.2) is 5.88 Å². The van der Waals surface area contributed by atoms with Gasteiger partial charge in [-0.15, -0.1) is 0 Å². The molecule has 0 saturated carbocycles. The fourth-order valence-electron chi connectivity index (χ4n) is 2.34. The summed E-state index contributed by atoms with van der Waals surface area (Å²) in [6.45, 7) is 10.9. The van der Waals surface area contributed by atoms with Gasteiger partial charge in [-0.3, -0.25) is 0 Å². The average Bonchev–Trinajstić information content (AvgIpc) is 2.86. The molecular weight excluding hydrogens is 260 g/mol. The van der Waals surface area contributed by atoms with Gasteiger partial charge < -0.3 is 14.6 Å². The van der Waals surface area contributed by atoms with Crippen molar-refractivity contribution < 1.29 is 4.42 Å². The number of hydrogen-bond donors (Lipinski definition) is 1. The molecule has 0 unspecified atom stereocenters. The molecule has 1 N–H and O–H groups in total. The van der Waals surface area contributed by atoms with Crippen LogP contribution in [0.3, 0.4) is 0 Å². The lowest BCUT2D eigenvalue weighted by Crippen LogP contribution is -2.25. The van der Waals surface area contributed by atoms with E-state index < -0.39 is 0 Å². The normalized spacial score (nSPS) is 10.9. The molecule has 2 aromatic rings. The monoisotopic (exact) mass is 286 g/mol. The van der Waals surface area contributed by atoms with E-state index in [4.69, 9.17) is 4.42 Å². The fraction of sp³-hybridized carbons (Fsp3) is 0.444. The van der Waals surface area contributed by atoms with E-state index in [9.17, 15) is 0 Å². The molecule has 0 radical (unpaired) electrons. The molecular formula is C18H26N2O. The number of hydrogen-bond acceptors (Lipinski definition) is 3. The number of para-hydroxylation sites is 2. The highest BCUT2D eigenvalue weighted by Crippen LogP contribution is 2.30. The number of nitrogens with zero attached hydrogens (tertiary/aromatic N) is 1. The molecule has 1 aromatic heterocycles. The van der Waals surface area contributed by atoms with Crippen LogP contribution < -0.4 is 10.2 Å². The first kappa shape index (κ1) is 15.5. The zero-order chi connectivity index (χ0) is 15.2. The minimum absolute atomic E-state index is 0.714. The summed E-state index contributed by atoms with van der Waals surface area (Å²) in [7, 11) is 0. The van der Waals surface area contributed by atoms with Crippen molar-refractivity contribution in [2.45, 2.75) is 34.1 Å². The Labute approximate surface area is 128 Å². The highest BCUT2D eigenvalue weighted by Gasteiger charge is 2.12. The van der Waals surface area contributed by atoms with Crippen LogP contribution in [0.1, 0.15) is 32.8 Å². The van der Waals surface area contributed by atoms with Crippen molar-refractivity contribution in [3.05, 3.63) is 42.2 Å². The lowest BCUT2D eigenvalue weighted by atomic mass is 10.1. The molecule has 114 valence electrons. The summed E-state index contributed by atoms with van der Waals surface area (Å²) < 4.78 is 5.51. The number of rotatable bonds is 7. The third-order valence-corrected chi connectivity index (χ3v) is 3.71. The van der Waals surface area contributed by atoms with Crippen molar-refractivity contribution in [1.29, 1.82) is 0 Å². The Balaban J connectivity index is 2.20. The summed E-state index contributed by atoms with van der Waals surface area (Å²) in [6.07, 6.45) is 2.92. The predicted octanol–water partition coefficient (Wildman–Crippen LogP) is 5.20. The summed E-state index contributed by atoms with van der Waals surface area (Å²) in [5.74, 6) is 1.54. The molecule has 21 heavy (non-hydrogen) atoms. The molecule has 1 heterocycles. The van der Waals surface area contributed by atoms with Crippen molar-refractivity contribution in [3.8, 4) is 0 Å². The molecule has 2 rings (SSSR count). The predicted molar refractivity (Wildman–Crippen MR) is 90.5 cm³/mol. The van der Waals surface area contributed by atoms with E-state index in [0.717, 1.165) is 30.2 Å². The summed E-state index contributed by atoms with van der Waals surface area (Å²) in [6, 6.07) is 10.4. The molecule has 0 aliphatic heterocycles. The lowest BCUT2D eigenvalue weighted by molar-refractivity contribution is 0.575. The number of nitrogens with one attached hydrogen (secondary N) is 1. The van der Waals surface area contributed by atoms with Gasteiger partial charge in [-0.25, -0.2) is 0 Å². The zero-order valence-electron chi connectivity index (χ0n) is 13.5. The van der Waals surface area contributed by atoms with E-state index in [1.54, 1.807) is 6.26 Å². The molecule has 0 atom stereocenters. The second kappa shape index (κ2) is 7.21. The van der Waals surface area contributed by atoms with Crippen LogP contribution in [0.2, 0.25) is 0 Å². The third kappa shape index (κ3) is 4.03. The van der Waals surface area contributed by atoms with Crippen molar-refractivity contribution in [2.75, 3.05) is 23.3 Å². The van der Waals surface area contributed by atoms with Gasteiger partial charge in [-0.05, 0) is 44.4 Å². The van der Waals surface area contributed by atoms with Gasteiger partial charge in [0.2, 0.25) is 0 Å². The smallest absolute Gasteiger partial charge is 0.200 e. The van der Waals surface area contributed by atoms with E-state index in [-0.39, 0.29) is 0 Å². The maximum Gasteiger partial charge on any atom is 0.200 e. The second-order valence-electron chi connectivity index (χ2n) is 5.84. The molecule has 0 spiro atoms. The van der Waals surface area contributed by atoms with Crippen molar-refractivity contribution in [1.82, 2.24) is 0 Å². The molecule has 0 aliphatic carbocycles. The van der Waals surface area contributed by atoms with Crippen LogP contribution in [-0.2, 0) is 0 Å². The van der Waals surface area contributed by atoms with Crippen LogP contribution in [0, 0.1) is 12.8 Å². The van der Waals surface area contributed by atoms with E-state index in [1.165, 1.54) is 12.1 Å². The molecule has 0 fully saturated rings. The lowest BCUT2D eigenvalue weighted by Gasteiger charge is -2.26. The molecule has 3 heteroatoms. The standard InChI is InChI=1S/C18H26N2O/c1-5-20(12-10-14(2)3)17-9-7-6-8-16(17)19-18-15(4)11-13-21-18/h6-9,11,13-14,19H,5,10,12H2,1-4H3. The maximum absolute atomic E-state index is 5.51. The minimum Gasteiger partial charge on any atom is -0.448 e. The minimum atomic E-state index is 0.714. The Hall–Kier alpha value is -1.90. The van der Waals surface area contributed by atoms with Gasteiger partial charge in [0.05, 0.1) is 17.6 Å². The maximum atomic E-state index is 5.51. The van der Waals surface area contributed by atoms with Crippen LogP contribution in [-0.4, -0.2) is 13.1 Å². The Kier molecular flexibility index (Phi) is 5.32. The van der Waals surface area contributed by atoms with Gasteiger partial charge in [0.1, 0.15) is 0 Å². The molecule has 0 bridgehead atoms. The Morgan fingerprint density at radius 2 is 1.95 bits per heavy atom. The summed E-state index contributed by atoms with van der Waals surface area (Å²) in [5.41, 5.74) is 3.45. The Bertz CT molecular complexity index is 560. The molecule has 3 nitrogen and oxygen atoms in total. The van der Waals surface area contributed by atoms with Crippen LogP contribution in [0.4, 0.5) is 17.3 Å². The number of anilines is 3. The summed E-state index contributed by atoms with van der Waals surface area (Å²) in [4.78, 5) is 2.42. The average molecular weight is 286 g/mol. The summed E-state index contributed by atoms with van der Waals surface area (Å²) >= 11 is 0. The number of furan rings is 1. The van der Waals surface area contributed by atoms with Gasteiger partial charge in [0, 0.05) is 18.7 Å². The van der Waals surface area contributed by atoms with Crippen molar-refractivity contribution in [2.24, 2.45) is 5.92 Å². The van der Waals surface area contributed by atoms with E-state index in [0.29, 0.717) is 5.92 Å². The van der Waals surface area contributed by atoms with Crippen molar-refractivity contribution >= 4 is 17.3 Å². The largest absolute Gasteiger partial charge is 0.448 e. The highest BCUT2D eigenvalue weighted by molar-refractivity contribution is 5.74. The van der Waals surface area contributed by atoms with Crippen LogP contribution in [0.15, 0.2) is 41.0 Å². The van der Waals surface area contributed by atoms with Gasteiger partial charge >= 0.3 is 0 Å². The van der Waals surface area contributed by atoms with E-state index >= 15 is 0 Å². The molecule has 0 saturated heterocycles. The number of aryl methyl sites for hydroxylation is 1. The van der Waals surface area contributed by atoms with Crippen molar-refractivity contribution in [3.63, 3.8) is 0 Å². The highest BCUT2D eigenvalue weighted by atomic mass is 16.3. The van der Waals surface area contributed by atoms with Gasteiger partial charge in [0.25, 0.3) is 0 Å². The summed E-state index contributed by atoms with van der Waals surface area (Å²) in [5, 5.41) is 3.41. The van der Waals surface area contributed by atoms with Gasteiger partial charge in [-0.2, -0.15) is 0 Å². The second-order valence-corrected chi connectivity index (χ2v) is 5.84.